The van der Waals surface area contributed by atoms with Gasteiger partial charge in [-0.25, -0.2) is 0 Å². The summed E-state index contributed by atoms with van der Waals surface area (Å²) in [6.07, 6.45) is 0.728. The zero-order valence-electron chi connectivity index (χ0n) is 9.36. The average Bonchev–Trinajstić information content (AvgIpc) is 2.23. The Hall–Kier alpha value is -1.13. The van der Waals surface area contributed by atoms with Gasteiger partial charge in [-0.3, -0.25) is 0 Å². The van der Waals surface area contributed by atoms with E-state index in [1.54, 1.807) is 7.11 Å². The summed E-state index contributed by atoms with van der Waals surface area (Å²) in [6, 6.07) is 4.06. The van der Waals surface area contributed by atoms with Crippen molar-refractivity contribution in [3.8, 4) is 17.6 Å². The van der Waals surface area contributed by atoms with Crippen molar-refractivity contribution in [3.05, 3.63) is 28.8 Å². The summed E-state index contributed by atoms with van der Waals surface area (Å²) >= 11 is 5.56. The maximum atomic E-state index is 5.56. The quantitative estimate of drug-likeness (QED) is 0.551. The van der Waals surface area contributed by atoms with E-state index in [1.807, 2.05) is 19.9 Å². The molecule has 0 saturated carbocycles. The molecular formula is C13H15ClO. The molecule has 0 spiro atoms. The zero-order chi connectivity index (χ0) is 11.3. The van der Waals surface area contributed by atoms with Crippen molar-refractivity contribution in [2.75, 3.05) is 13.0 Å². The van der Waals surface area contributed by atoms with Gasteiger partial charge in [-0.2, -0.15) is 0 Å². The van der Waals surface area contributed by atoms with Crippen LogP contribution < -0.4 is 4.74 Å². The van der Waals surface area contributed by atoms with Crippen molar-refractivity contribution in [2.45, 2.75) is 20.3 Å². The van der Waals surface area contributed by atoms with Crippen LogP contribution in [0.15, 0.2) is 12.1 Å². The first-order valence-electron chi connectivity index (χ1n) is 4.89. The number of ether oxygens (including phenoxy) is 1. The van der Waals surface area contributed by atoms with Crippen molar-refractivity contribution in [2.24, 2.45) is 0 Å². The minimum atomic E-state index is 0.585. The molecule has 0 aliphatic carbocycles. The largest absolute Gasteiger partial charge is 0.496 e. The van der Waals surface area contributed by atoms with E-state index in [0.717, 1.165) is 28.9 Å². The molecule has 1 aromatic rings. The van der Waals surface area contributed by atoms with Gasteiger partial charge in [0.05, 0.1) is 7.11 Å². The molecule has 0 bridgehead atoms. The molecule has 0 aliphatic heterocycles. The highest BCUT2D eigenvalue weighted by Crippen LogP contribution is 2.21. The predicted molar refractivity (Wildman–Crippen MR) is 64.7 cm³/mol. The van der Waals surface area contributed by atoms with Gasteiger partial charge in [-0.1, -0.05) is 11.8 Å². The Morgan fingerprint density at radius 1 is 1.27 bits per heavy atom. The molecule has 0 amide bonds. The SMILES string of the molecule is COc1cc(C)c(C#CCCCl)cc1C. The molecule has 0 aromatic heterocycles. The minimum absolute atomic E-state index is 0.585. The van der Waals surface area contributed by atoms with E-state index in [2.05, 4.69) is 17.9 Å². The first-order chi connectivity index (χ1) is 7.19. The summed E-state index contributed by atoms with van der Waals surface area (Å²) in [5.74, 6) is 7.65. The third-order valence-corrected chi connectivity index (χ3v) is 2.37. The molecule has 0 atom stereocenters. The number of halogens is 1. The van der Waals surface area contributed by atoms with Crippen molar-refractivity contribution < 1.29 is 4.74 Å². The van der Waals surface area contributed by atoms with Crippen LogP contribution >= 0.6 is 11.6 Å². The second-order valence-electron chi connectivity index (χ2n) is 3.38. The number of hydrogen-bond acceptors (Lipinski definition) is 1. The number of alkyl halides is 1. The molecular weight excluding hydrogens is 208 g/mol. The molecule has 0 heterocycles. The minimum Gasteiger partial charge on any atom is -0.496 e. The van der Waals surface area contributed by atoms with Gasteiger partial charge in [0.25, 0.3) is 0 Å². The Balaban J connectivity index is 3.01. The Morgan fingerprint density at radius 3 is 2.60 bits per heavy atom. The lowest BCUT2D eigenvalue weighted by atomic mass is 10.0. The molecule has 0 aliphatic rings. The van der Waals surface area contributed by atoms with Crippen LogP contribution in [0, 0.1) is 25.7 Å². The summed E-state index contributed by atoms with van der Waals surface area (Å²) in [6.45, 7) is 4.05. The third-order valence-electron chi connectivity index (χ3n) is 2.18. The van der Waals surface area contributed by atoms with Crippen LogP contribution in [-0.2, 0) is 0 Å². The Kier molecular flexibility index (Phi) is 4.52. The standard InChI is InChI=1S/C13H15ClO/c1-10-9-13(15-3)11(2)8-12(10)6-4-5-7-14/h8-9H,5,7H2,1-3H3. The summed E-state index contributed by atoms with van der Waals surface area (Å²) < 4.78 is 5.24. The van der Waals surface area contributed by atoms with Crippen LogP contribution in [0.5, 0.6) is 5.75 Å². The van der Waals surface area contributed by atoms with Crippen molar-refractivity contribution in [1.29, 1.82) is 0 Å². The second kappa shape index (κ2) is 5.68. The molecule has 0 unspecified atom stereocenters. The first-order valence-corrected chi connectivity index (χ1v) is 5.42. The molecule has 2 heteroatoms. The molecule has 1 nitrogen and oxygen atoms in total. The van der Waals surface area contributed by atoms with Crippen LogP contribution in [0.3, 0.4) is 0 Å². The summed E-state index contributed by atoms with van der Waals surface area (Å²) in [5.41, 5.74) is 3.30. The zero-order valence-corrected chi connectivity index (χ0v) is 10.1. The number of hydrogen-bond donors (Lipinski definition) is 0. The molecule has 15 heavy (non-hydrogen) atoms. The van der Waals surface area contributed by atoms with Crippen LogP contribution in [0.25, 0.3) is 0 Å². The van der Waals surface area contributed by atoms with E-state index in [9.17, 15) is 0 Å². The summed E-state index contributed by atoms with van der Waals surface area (Å²) in [5, 5.41) is 0. The lowest BCUT2D eigenvalue weighted by Gasteiger charge is -2.07. The van der Waals surface area contributed by atoms with Gasteiger partial charge in [0.1, 0.15) is 5.75 Å². The lowest BCUT2D eigenvalue weighted by Crippen LogP contribution is -1.91. The van der Waals surface area contributed by atoms with Crippen LogP contribution in [0.2, 0.25) is 0 Å². The van der Waals surface area contributed by atoms with Gasteiger partial charge in [-0.15, -0.1) is 11.6 Å². The molecule has 0 fully saturated rings. The fraction of sp³-hybridized carbons (Fsp3) is 0.385. The number of rotatable bonds is 2. The van der Waals surface area contributed by atoms with Gasteiger partial charge >= 0.3 is 0 Å². The Morgan fingerprint density at radius 2 is 2.00 bits per heavy atom. The van der Waals surface area contributed by atoms with Gasteiger partial charge in [0, 0.05) is 17.9 Å². The fourth-order valence-electron chi connectivity index (χ4n) is 1.35. The molecule has 1 aromatic carbocycles. The third kappa shape index (κ3) is 3.18. The topological polar surface area (TPSA) is 9.23 Å². The summed E-state index contributed by atoms with van der Waals surface area (Å²) in [4.78, 5) is 0. The van der Waals surface area contributed by atoms with Gasteiger partial charge in [0.2, 0.25) is 0 Å². The van der Waals surface area contributed by atoms with Gasteiger partial charge < -0.3 is 4.74 Å². The molecule has 1 rings (SSSR count). The maximum absolute atomic E-state index is 5.56. The average molecular weight is 223 g/mol. The molecule has 0 saturated heterocycles. The Bertz CT molecular complexity index is 399. The van der Waals surface area contributed by atoms with Gasteiger partial charge in [-0.05, 0) is 37.1 Å². The summed E-state index contributed by atoms with van der Waals surface area (Å²) in [7, 11) is 1.68. The van der Waals surface area contributed by atoms with Crippen molar-refractivity contribution >= 4 is 11.6 Å². The Labute approximate surface area is 96.4 Å². The lowest BCUT2D eigenvalue weighted by molar-refractivity contribution is 0.411. The van der Waals surface area contributed by atoms with Crippen LogP contribution in [0.4, 0.5) is 0 Å². The number of benzene rings is 1. The van der Waals surface area contributed by atoms with Crippen LogP contribution in [0.1, 0.15) is 23.1 Å². The monoisotopic (exact) mass is 222 g/mol. The number of methoxy groups -OCH3 is 1. The van der Waals surface area contributed by atoms with E-state index in [1.165, 1.54) is 0 Å². The highest BCUT2D eigenvalue weighted by atomic mass is 35.5. The maximum Gasteiger partial charge on any atom is 0.122 e. The van der Waals surface area contributed by atoms with E-state index in [0.29, 0.717) is 5.88 Å². The predicted octanol–water partition coefficient (Wildman–Crippen LogP) is 3.29. The highest BCUT2D eigenvalue weighted by Gasteiger charge is 2.02. The van der Waals surface area contributed by atoms with E-state index >= 15 is 0 Å². The van der Waals surface area contributed by atoms with E-state index in [4.69, 9.17) is 16.3 Å². The van der Waals surface area contributed by atoms with Crippen molar-refractivity contribution in [3.63, 3.8) is 0 Å². The van der Waals surface area contributed by atoms with Crippen LogP contribution in [-0.4, -0.2) is 13.0 Å². The van der Waals surface area contributed by atoms with Gasteiger partial charge in [0.15, 0.2) is 0 Å². The molecule has 80 valence electrons. The van der Waals surface area contributed by atoms with E-state index < -0.39 is 0 Å². The molecule has 0 radical (unpaired) electrons. The second-order valence-corrected chi connectivity index (χ2v) is 3.76. The fourth-order valence-corrected chi connectivity index (χ4v) is 1.44. The van der Waals surface area contributed by atoms with Crippen molar-refractivity contribution in [1.82, 2.24) is 0 Å². The smallest absolute Gasteiger partial charge is 0.122 e. The first kappa shape index (κ1) is 11.9. The van der Waals surface area contributed by atoms with E-state index in [-0.39, 0.29) is 0 Å². The normalized spacial score (nSPS) is 9.33. The number of aryl methyl sites for hydroxylation is 2. The highest BCUT2D eigenvalue weighted by molar-refractivity contribution is 6.18. The molecule has 0 N–H and O–H groups in total.